The number of benzene rings is 1. The molecular weight excluding hydrogens is 254 g/mol. The Bertz CT molecular complexity index is 506. The smallest absolute Gasteiger partial charge is 0.239 e. The van der Waals surface area contributed by atoms with Crippen molar-refractivity contribution in [3.05, 3.63) is 29.3 Å². The van der Waals surface area contributed by atoms with Crippen molar-refractivity contribution >= 4 is 11.6 Å². The first-order chi connectivity index (χ1) is 9.49. The van der Waals surface area contributed by atoms with Crippen molar-refractivity contribution < 1.29 is 9.90 Å². The molecule has 0 unspecified atom stereocenters. The van der Waals surface area contributed by atoms with E-state index in [4.69, 9.17) is 5.26 Å². The number of aliphatic hydroxyl groups excluding tert-OH is 1. The Morgan fingerprint density at radius 3 is 2.80 bits per heavy atom. The lowest BCUT2D eigenvalue weighted by Gasteiger charge is -2.23. The van der Waals surface area contributed by atoms with Crippen molar-refractivity contribution in [2.24, 2.45) is 0 Å². The Morgan fingerprint density at radius 1 is 1.55 bits per heavy atom. The Morgan fingerprint density at radius 2 is 2.25 bits per heavy atom. The fourth-order valence-electron chi connectivity index (χ4n) is 1.92. The Balaban J connectivity index is 2.92. The molecule has 0 spiro atoms. The van der Waals surface area contributed by atoms with Crippen LogP contribution in [0.15, 0.2) is 18.2 Å². The number of rotatable bonds is 6. The van der Waals surface area contributed by atoms with Crippen molar-refractivity contribution in [1.29, 1.82) is 5.26 Å². The molecule has 1 aromatic rings. The van der Waals surface area contributed by atoms with E-state index in [9.17, 15) is 9.90 Å². The fraction of sp³-hybridized carbons (Fsp3) is 0.467. The van der Waals surface area contributed by atoms with Crippen molar-refractivity contribution in [1.82, 2.24) is 5.32 Å². The maximum absolute atomic E-state index is 11.7. The first-order valence-electron chi connectivity index (χ1n) is 6.69. The third-order valence-electron chi connectivity index (χ3n) is 2.97. The predicted molar refractivity (Wildman–Crippen MR) is 78.4 cm³/mol. The van der Waals surface area contributed by atoms with Gasteiger partial charge in [-0.05, 0) is 25.5 Å². The SMILES string of the molecule is CCCNC(=O)CN(C)c1cc(C#N)ccc1[C@@H](C)O. The van der Waals surface area contributed by atoms with Gasteiger partial charge >= 0.3 is 0 Å². The molecule has 0 aromatic heterocycles. The fourth-order valence-corrected chi connectivity index (χ4v) is 1.92. The lowest BCUT2D eigenvalue weighted by atomic mass is 10.0. The number of carbonyl (C=O) groups is 1. The summed E-state index contributed by atoms with van der Waals surface area (Å²) in [4.78, 5) is 13.5. The molecule has 0 saturated carbocycles. The summed E-state index contributed by atoms with van der Waals surface area (Å²) in [6.07, 6.45) is 0.233. The molecule has 0 aliphatic rings. The van der Waals surface area contributed by atoms with E-state index in [1.807, 2.05) is 6.92 Å². The molecule has 0 fully saturated rings. The van der Waals surface area contributed by atoms with E-state index in [0.717, 1.165) is 6.42 Å². The normalized spacial score (nSPS) is 11.6. The van der Waals surface area contributed by atoms with Gasteiger partial charge in [0.15, 0.2) is 0 Å². The number of hydrogen-bond donors (Lipinski definition) is 2. The number of nitrogens with zero attached hydrogens (tertiary/aromatic N) is 2. The van der Waals surface area contributed by atoms with Crippen molar-refractivity contribution in [3.63, 3.8) is 0 Å². The molecule has 1 atom stereocenters. The highest BCUT2D eigenvalue weighted by atomic mass is 16.3. The van der Waals surface area contributed by atoms with Crippen LogP contribution >= 0.6 is 0 Å². The minimum atomic E-state index is -0.654. The number of amides is 1. The molecule has 5 nitrogen and oxygen atoms in total. The summed E-state index contributed by atoms with van der Waals surface area (Å²) in [6, 6.07) is 7.14. The van der Waals surface area contributed by atoms with Gasteiger partial charge in [0.2, 0.25) is 5.91 Å². The summed E-state index contributed by atoms with van der Waals surface area (Å²) in [6.45, 7) is 4.49. The largest absolute Gasteiger partial charge is 0.389 e. The van der Waals surface area contributed by atoms with Crippen LogP contribution in [-0.2, 0) is 4.79 Å². The van der Waals surface area contributed by atoms with E-state index >= 15 is 0 Å². The highest BCUT2D eigenvalue weighted by molar-refractivity contribution is 5.81. The van der Waals surface area contributed by atoms with Gasteiger partial charge in [0, 0.05) is 24.8 Å². The zero-order valence-electron chi connectivity index (χ0n) is 12.2. The predicted octanol–water partition coefficient (Wildman–Crippen LogP) is 1.57. The average molecular weight is 275 g/mol. The second-order valence-corrected chi connectivity index (χ2v) is 4.77. The van der Waals surface area contributed by atoms with E-state index in [-0.39, 0.29) is 12.5 Å². The molecule has 108 valence electrons. The molecule has 0 radical (unpaired) electrons. The van der Waals surface area contributed by atoms with Crippen LogP contribution in [0.25, 0.3) is 0 Å². The third kappa shape index (κ3) is 4.25. The maximum atomic E-state index is 11.7. The molecule has 1 aromatic carbocycles. The zero-order chi connectivity index (χ0) is 15.1. The average Bonchev–Trinajstić information content (AvgIpc) is 2.44. The van der Waals surface area contributed by atoms with Crippen LogP contribution in [0.4, 0.5) is 5.69 Å². The molecule has 1 amide bonds. The van der Waals surface area contributed by atoms with Crippen LogP contribution in [0.3, 0.4) is 0 Å². The van der Waals surface area contributed by atoms with Crippen LogP contribution in [0, 0.1) is 11.3 Å². The topological polar surface area (TPSA) is 76.4 Å². The summed E-state index contributed by atoms with van der Waals surface area (Å²) in [5.41, 5.74) is 1.91. The number of nitrogens with one attached hydrogen (secondary N) is 1. The molecule has 2 N–H and O–H groups in total. The van der Waals surface area contributed by atoms with Gasteiger partial charge in [0.05, 0.1) is 24.3 Å². The van der Waals surface area contributed by atoms with Gasteiger partial charge in [-0.25, -0.2) is 0 Å². The van der Waals surface area contributed by atoms with Gasteiger partial charge in [-0.15, -0.1) is 0 Å². The molecule has 0 aliphatic carbocycles. The molecule has 0 saturated heterocycles. The van der Waals surface area contributed by atoms with Gasteiger partial charge in [0.1, 0.15) is 0 Å². The first-order valence-corrected chi connectivity index (χ1v) is 6.69. The lowest BCUT2D eigenvalue weighted by molar-refractivity contribution is -0.119. The van der Waals surface area contributed by atoms with E-state index in [2.05, 4.69) is 11.4 Å². The number of nitriles is 1. The van der Waals surface area contributed by atoms with E-state index in [1.54, 1.807) is 37.1 Å². The summed E-state index contributed by atoms with van der Waals surface area (Å²) in [5.74, 6) is -0.0757. The number of carbonyl (C=O) groups excluding carboxylic acids is 1. The zero-order valence-corrected chi connectivity index (χ0v) is 12.2. The first kappa shape index (κ1) is 16.0. The number of hydrogen-bond acceptors (Lipinski definition) is 4. The van der Waals surface area contributed by atoms with Crippen molar-refractivity contribution in [3.8, 4) is 6.07 Å². The van der Waals surface area contributed by atoms with Crippen LogP contribution in [-0.4, -0.2) is 31.2 Å². The quantitative estimate of drug-likeness (QED) is 0.826. The van der Waals surface area contributed by atoms with Gasteiger partial charge in [-0.2, -0.15) is 5.26 Å². The number of aliphatic hydroxyl groups is 1. The van der Waals surface area contributed by atoms with Gasteiger partial charge in [0.25, 0.3) is 0 Å². The highest BCUT2D eigenvalue weighted by Gasteiger charge is 2.14. The lowest BCUT2D eigenvalue weighted by Crippen LogP contribution is -2.36. The Hall–Kier alpha value is -2.06. The van der Waals surface area contributed by atoms with Crippen LogP contribution < -0.4 is 10.2 Å². The molecule has 0 heterocycles. The number of anilines is 1. The Kier molecular flexibility index (Phi) is 6.01. The molecule has 0 aliphatic heterocycles. The summed E-state index contributed by atoms with van der Waals surface area (Å²) < 4.78 is 0. The van der Waals surface area contributed by atoms with Gasteiger partial charge in [-0.3, -0.25) is 4.79 Å². The minimum Gasteiger partial charge on any atom is -0.389 e. The van der Waals surface area contributed by atoms with E-state index < -0.39 is 6.10 Å². The molecular formula is C15H21N3O2. The standard InChI is InChI=1S/C15H21N3O2/c1-4-7-17-15(20)10-18(3)14-8-12(9-16)5-6-13(14)11(2)19/h5-6,8,11,19H,4,7,10H2,1-3H3,(H,17,20)/t11-/m1/s1. The van der Waals surface area contributed by atoms with Gasteiger partial charge < -0.3 is 15.3 Å². The second-order valence-electron chi connectivity index (χ2n) is 4.77. The van der Waals surface area contributed by atoms with Crippen molar-refractivity contribution in [2.45, 2.75) is 26.4 Å². The highest BCUT2D eigenvalue weighted by Crippen LogP contribution is 2.26. The monoisotopic (exact) mass is 275 g/mol. The third-order valence-corrected chi connectivity index (χ3v) is 2.97. The Labute approximate surface area is 119 Å². The van der Waals surface area contributed by atoms with Crippen LogP contribution in [0.2, 0.25) is 0 Å². The minimum absolute atomic E-state index is 0.0757. The summed E-state index contributed by atoms with van der Waals surface area (Å²) in [5, 5.41) is 21.5. The second kappa shape index (κ2) is 7.51. The number of likely N-dealkylation sites (N-methyl/N-ethyl adjacent to an activating group) is 1. The molecule has 5 heteroatoms. The van der Waals surface area contributed by atoms with E-state index in [1.165, 1.54) is 0 Å². The van der Waals surface area contributed by atoms with Crippen LogP contribution in [0.5, 0.6) is 0 Å². The van der Waals surface area contributed by atoms with Crippen LogP contribution in [0.1, 0.15) is 37.5 Å². The van der Waals surface area contributed by atoms with Gasteiger partial charge in [-0.1, -0.05) is 13.0 Å². The maximum Gasteiger partial charge on any atom is 0.239 e. The summed E-state index contributed by atoms with van der Waals surface area (Å²) >= 11 is 0. The molecule has 1 rings (SSSR count). The van der Waals surface area contributed by atoms with E-state index in [0.29, 0.717) is 23.4 Å². The molecule has 0 bridgehead atoms. The molecule has 20 heavy (non-hydrogen) atoms. The van der Waals surface area contributed by atoms with Crippen molar-refractivity contribution in [2.75, 3.05) is 25.0 Å². The summed E-state index contributed by atoms with van der Waals surface area (Å²) in [7, 11) is 1.77.